The Morgan fingerprint density at radius 1 is 1.32 bits per heavy atom. The van der Waals surface area contributed by atoms with Crippen molar-refractivity contribution in [1.29, 1.82) is 5.41 Å². The molecule has 0 aromatic heterocycles. The van der Waals surface area contributed by atoms with Gasteiger partial charge >= 0.3 is 0 Å². The number of thioether (sulfide) groups is 1. The van der Waals surface area contributed by atoms with E-state index in [0.29, 0.717) is 5.17 Å². The summed E-state index contributed by atoms with van der Waals surface area (Å²) in [6, 6.07) is 7.99. The summed E-state index contributed by atoms with van der Waals surface area (Å²) in [6.45, 7) is 2.10. The van der Waals surface area contributed by atoms with Gasteiger partial charge < -0.3 is 4.90 Å². The number of anilines is 1. The first-order valence-electron chi connectivity index (χ1n) is 6.34. The van der Waals surface area contributed by atoms with E-state index >= 15 is 0 Å². The zero-order valence-electron chi connectivity index (χ0n) is 10.7. The molecule has 0 spiro atoms. The lowest BCUT2D eigenvalue weighted by Crippen LogP contribution is -2.37. The zero-order valence-corrected chi connectivity index (χ0v) is 12.3. The quantitative estimate of drug-likeness (QED) is 0.905. The summed E-state index contributed by atoms with van der Waals surface area (Å²) in [5.74, 6) is 0.372. The second kappa shape index (κ2) is 4.52. The van der Waals surface area contributed by atoms with E-state index in [9.17, 15) is 8.42 Å². The molecule has 2 atom stereocenters. The third kappa shape index (κ3) is 2.27. The average Bonchev–Trinajstić information content (AvgIpc) is 2.79. The molecule has 0 unspecified atom stereocenters. The maximum atomic E-state index is 11.7. The molecule has 3 rings (SSSR count). The van der Waals surface area contributed by atoms with Crippen LogP contribution in [0.15, 0.2) is 24.3 Å². The van der Waals surface area contributed by atoms with Gasteiger partial charge in [-0.1, -0.05) is 30.8 Å². The van der Waals surface area contributed by atoms with Gasteiger partial charge in [0.1, 0.15) is 0 Å². The summed E-state index contributed by atoms with van der Waals surface area (Å²) in [5, 5.41) is 8.55. The minimum absolute atomic E-state index is 0.0170. The van der Waals surface area contributed by atoms with E-state index in [2.05, 4.69) is 6.92 Å². The lowest BCUT2D eigenvalue weighted by atomic mass is 10.1. The molecule has 0 saturated carbocycles. The Bertz CT molecular complexity index is 610. The minimum Gasteiger partial charge on any atom is -0.316 e. The largest absolute Gasteiger partial charge is 0.316 e. The number of amidine groups is 1. The van der Waals surface area contributed by atoms with Crippen LogP contribution in [-0.4, -0.2) is 36.4 Å². The summed E-state index contributed by atoms with van der Waals surface area (Å²) >= 11 is 1.38. The van der Waals surface area contributed by atoms with Crippen LogP contribution in [-0.2, 0) is 16.3 Å². The molecular formula is C13H16N2O2S2. The number of benzene rings is 1. The van der Waals surface area contributed by atoms with Crippen LogP contribution in [0.1, 0.15) is 12.5 Å². The molecule has 1 aromatic carbocycles. The van der Waals surface area contributed by atoms with Crippen LogP contribution in [0, 0.1) is 5.41 Å². The normalized spacial score (nSPS) is 28.7. The van der Waals surface area contributed by atoms with E-state index in [4.69, 9.17) is 5.41 Å². The van der Waals surface area contributed by atoms with E-state index in [1.165, 1.54) is 17.3 Å². The molecule has 4 nitrogen and oxygen atoms in total. The van der Waals surface area contributed by atoms with Gasteiger partial charge in [-0.25, -0.2) is 8.42 Å². The Balaban J connectivity index is 1.92. The van der Waals surface area contributed by atoms with Crippen LogP contribution in [0.5, 0.6) is 0 Å². The Morgan fingerprint density at radius 2 is 2.00 bits per heavy atom. The lowest BCUT2D eigenvalue weighted by molar-refractivity contribution is 0.601. The molecule has 2 saturated heterocycles. The minimum atomic E-state index is -2.94. The fourth-order valence-corrected chi connectivity index (χ4v) is 6.49. The summed E-state index contributed by atoms with van der Waals surface area (Å²) in [7, 11) is -2.94. The van der Waals surface area contributed by atoms with Crippen molar-refractivity contribution in [3.05, 3.63) is 29.8 Å². The topological polar surface area (TPSA) is 61.2 Å². The van der Waals surface area contributed by atoms with Crippen molar-refractivity contribution in [3.63, 3.8) is 0 Å². The molecule has 0 radical (unpaired) electrons. The molecule has 2 fully saturated rings. The van der Waals surface area contributed by atoms with Crippen LogP contribution >= 0.6 is 11.8 Å². The predicted molar refractivity (Wildman–Crippen MR) is 79.8 cm³/mol. The standard InChI is InChI=1S/C13H16N2O2S2/c1-2-9-3-5-10(6-4-9)15-11-7-19(16,17)8-12(11)18-13(15)14/h3-6,11-12,14H,2,7-8H2,1H3/t11-,12+/m0/s1. The Hall–Kier alpha value is -1.01. The third-order valence-electron chi connectivity index (χ3n) is 3.71. The van der Waals surface area contributed by atoms with Gasteiger partial charge in [0.05, 0.1) is 17.5 Å². The van der Waals surface area contributed by atoms with E-state index in [1.807, 2.05) is 29.2 Å². The second-order valence-electron chi connectivity index (χ2n) is 5.00. The highest BCUT2D eigenvalue weighted by molar-refractivity contribution is 8.15. The van der Waals surface area contributed by atoms with Crippen molar-refractivity contribution >= 4 is 32.5 Å². The molecule has 2 aliphatic rings. The fraction of sp³-hybridized carbons (Fsp3) is 0.462. The van der Waals surface area contributed by atoms with Gasteiger partial charge in [-0.15, -0.1) is 0 Å². The third-order valence-corrected chi connectivity index (χ3v) is 6.84. The zero-order chi connectivity index (χ0) is 13.6. The number of nitrogens with one attached hydrogen (secondary N) is 1. The summed E-state index contributed by atoms with van der Waals surface area (Å²) < 4.78 is 23.4. The molecule has 1 N–H and O–H groups in total. The van der Waals surface area contributed by atoms with Crippen LogP contribution in [0.3, 0.4) is 0 Å². The molecular weight excluding hydrogens is 280 g/mol. The molecule has 0 aliphatic carbocycles. The van der Waals surface area contributed by atoms with E-state index in [0.717, 1.165) is 12.1 Å². The Morgan fingerprint density at radius 3 is 2.63 bits per heavy atom. The number of rotatable bonds is 2. The highest BCUT2D eigenvalue weighted by Crippen LogP contribution is 2.40. The van der Waals surface area contributed by atoms with Gasteiger partial charge in [0.15, 0.2) is 15.0 Å². The van der Waals surface area contributed by atoms with Gasteiger partial charge in [0.2, 0.25) is 0 Å². The lowest BCUT2D eigenvalue weighted by Gasteiger charge is -2.24. The number of nitrogens with zero attached hydrogens (tertiary/aromatic N) is 1. The molecule has 1 aromatic rings. The Labute approximate surface area is 117 Å². The molecule has 2 aliphatic heterocycles. The van der Waals surface area contributed by atoms with Crippen molar-refractivity contribution < 1.29 is 8.42 Å². The maximum Gasteiger partial charge on any atom is 0.161 e. The van der Waals surface area contributed by atoms with Crippen molar-refractivity contribution in [2.24, 2.45) is 0 Å². The van der Waals surface area contributed by atoms with Crippen molar-refractivity contribution in [2.75, 3.05) is 16.4 Å². The average molecular weight is 296 g/mol. The summed E-state index contributed by atoms with van der Waals surface area (Å²) in [4.78, 5) is 1.87. The highest BCUT2D eigenvalue weighted by Gasteiger charge is 2.48. The van der Waals surface area contributed by atoms with Crippen molar-refractivity contribution in [2.45, 2.75) is 24.6 Å². The van der Waals surface area contributed by atoms with Crippen LogP contribution in [0.25, 0.3) is 0 Å². The molecule has 0 bridgehead atoms. The monoisotopic (exact) mass is 296 g/mol. The first-order chi connectivity index (χ1) is 9.00. The van der Waals surface area contributed by atoms with Gasteiger partial charge in [-0.2, -0.15) is 0 Å². The van der Waals surface area contributed by atoms with Crippen molar-refractivity contribution in [3.8, 4) is 0 Å². The number of fused-ring (bicyclic) bond motifs is 1. The van der Waals surface area contributed by atoms with Gasteiger partial charge in [-0.05, 0) is 24.1 Å². The van der Waals surface area contributed by atoms with Gasteiger partial charge in [0, 0.05) is 10.9 Å². The van der Waals surface area contributed by atoms with Crippen LogP contribution < -0.4 is 4.90 Å². The first kappa shape index (κ1) is 13.0. The highest BCUT2D eigenvalue weighted by atomic mass is 32.2. The van der Waals surface area contributed by atoms with Crippen LogP contribution in [0.2, 0.25) is 0 Å². The predicted octanol–water partition coefficient (Wildman–Crippen LogP) is 1.90. The smallest absolute Gasteiger partial charge is 0.161 e. The fourth-order valence-electron chi connectivity index (χ4n) is 2.70. The first-order valence-corrected chi connectivity index (χ1v) is 9.04. The van der Waals surface area contributed by atoms with Gasteiger partial charge in [-0.3, -0.25) is 5.41 Å². The van der Waals surface area contributed by atoms with E-state index in [1.54, 1.807) is 0 Å². The molecule has 2 heterocycles. The van der Waals surface area contributed by atoms with Crippen molar-refractivity contribution in [1.82, 2.24) is 0 Å². The molecule has 6 heteroatoms. The van der Waals surface area contributed by atoms with E-state index in [-0.39, 0.29) is 22.8 Å². The molecule has 19 heavy (non-hydrogen) atoms. The number of hydrogen-bond donors (Lipinski definition) is 1. The second-order valence-corrected chi connectivity index (χ2v) is 8.38. The van der Waals surface area contributed by atoms with E-state index < -0.39 is 9.84 Å². The Kier molecular flexibility index (Phi) is 3.09. The summed E-state index contributed by atoms with van der Waals surface area (Å²) in [6.07, 6.45) is 0.979. The number of sulfone groups is 1. The molecule has 102 valence electrons. The SMILES string of the molecule is CCc1ccc(N2C(=N)S[C@@H]3CS(=O)(=O)C[C@@H]32)cc1. The number of hydrogen-bond acceptors (Lipinski definition) is 4. The maximum absolute atomic E-state index is 11.7. The summed E-state index contributed by atoms with van der Waals surface area (Å²) in [5.41, 5.74) is 2.18. The van der Waals surface area contributed by atoms with Gasteiger partial charge in [0.25, 0.3) is 0 Å². The number of aryl methyl sites for hydroxylation is 1. The molecule has 0 amide bonds. The van der Waals surface area contributed by atoms with Crippen LogP contribution in [0.4, 0.5) is 5.69 Å².